The number of allylic oxidation sites excluding steroid dienone is 5. The molecule has 0 spiro atoms. The summed E-state index contributed by atoms with van der Waals surface area (Å²) in [6.45, 7) is 15.7. The first-order valence-electron chi connectivity index (χ1n) is 9.86. The van der Waals surface area contributed by atoms with Crippen LogP contribution in [0.1, 0.15) is 66.7 Å². The molecule has 0 bridgehead atoms. The Morgan fingerprint density at radius 2 is 2.04 bits per heavy atom. The highest BCUT2D eigenvalue weighted by molar-refractivity contribution is 8.03. The van der Waals surface area contributed by atoms with E-state index in [0.717, 1.165) is 50.0 Å². The van der Waals surface area contributed by atoms with E-state index in [1.165, 1.54) is 21.6 Å². The minimum absolute atomic E-state index is 0.0323. The van der Waals surface area contributed by atoms with Crippen molar-refractivity contribution in [2.45, 2.75) is 66.7 Å². The van der Waals surface area contributed by atoms with Crippen molar-refractivity contribution in [3.8, 4) is 0 Å². The molecule has 0 aromatic carbocycles. The molecule has 0 aliphatic carbocycles. The Bertz CT molecular complexity index is 581. The van der Waals surface area contributed by atoms with Gasteiger partial charge in [-0.1, -0.05) is 32.4 Å². The van der Waals surface area contributed by atoms with Gasteiger partial charge in [0.15, 0.2) is 5.78 Å². The molecule has 0 saturated carbocycles. The van der Waals surface area contributed by atoms with Gasteiger partial charge >= 0.3 is 0 Å². The van der Waals surface area contributed by atoms with Crippen molar-refractivity contribution < 1.29 is 9.53 Å². The van der Waals surface area contributed by atoms with Crippen molar-refractivity contribution in [3.63, 3.8) is 0 Å². The zero-order chi connectivity index (χ0) is 19.5. The van der Waals surface area contributed by atoms with Crippen LogP contribution >= 0.6 is 11.8 Å². The highest BCUT2D eigenvalue weighted by atomic mass is 32.2. The van der Waals surface area contributed by atoms with Crippen LogP contribution in [0.3, 0.4) is 0 Å². The average Bonchev–Trinajstić information content (AvgIpc) is 2.74. The van der Waals surface area contributed by atoms with E-state index in [1.54, 1.807) is 0 Å². The Labute approximate surface area is 164 Å². The molecule has 1 unspecified atom stereocenters. The summed E-state index contributed by atoms with van der Waals surface area (Å²) in [7, 11) is 0. The topological polar surface area (TPSA) is 26.3 Å². The Morgan fingerprint density at radius 1 is 1.31 bits per heavy atom. The van der Waals surface area contributed by atoms with Gasteiger partial charge in [-0.25, -0.2) is 0 Å². The Morgan fingerprint density at radius 3 is 2.69 bits per heavy atom. The molecule has 1 aliphatic heterocycles. The number of carbonyl (C=O) groups excluding carboxylic acids is 1. The molecule has 1 atom stereocenters. The number of hydrogen-bond acceptors (Lipinski definition) is 3. The number of Topliss-reactive ketones (excluding diaryl/α,β-unsaturated/α-hetero) is 1. The third kappa shape index (κ3) is 6.92. The van der Waals surface area contributed by atoms with Crippen molar-refractivity contribution in [1.82, 2.24) is 0 Å². The molecule has 1 aliphatic rings. The predicted molar refractivity (Wildman–Crippen MR) is 116 cm³/mol. The summed E-state index contributed by atoms with van der Waals surface area (Å²) in [6, 6.07) is 0. The Hall–Kier alpha value is -1.06. The number of thioether (sulfide) groups is 1. The van der Waals surface area contributed by atoms with Crippen LogP contribution < -0.4 is 0 Å². The third-order valence-electron chi connectivity index (χ3n) is 5.04. The van der Waals surface area contributed by atoms with Crippen LogP contribution in [0.5, 0.6) is 0 Å². The third-order valence-corrected chi connectivity index (χ3v) is 6.32. The first-order valence-corrected chi connectivity index (χ1v) is 10.8. The van der Waals surface area contributed by atoms with Gasteiger partial charge < -0.3 is 4.74 Å². The molecule has 0 aromatic heterocycles. The molecule has 26 heavy (non-hydrogen) atoms. The lowest BCUT2D eigenvalue weighted by Gasteiger charge is -2.13. The van der Waals surface area contributed by atoms with Gasteiger partial charge in [-0.3, -0.25) is 4.79 Å². The van der Waals surface area contributed by atoms with Gasteiger partial charge in [-0.05, 0) is 73.7 Å². The normalized spacial score (nSPS) is 21.0. The molecule has 2 nitrogen and oxygen atoms in total. The Balaban J connectivity index is 2.89. The summed E-state index contributed by atoms with van der Waals surface area (Å²) in [4.78, 5) is 14.1. The van der Waals surface area contributed by atoms with Gasteiger partial charge in [0.05, 0.1) is 6.61 Å². The molecule has 0 N–H and O–H groups in total. The fourth-order valence-corrected chi connectivity index (χ4v) is 4.30. The monoisotopic (exact) mass is 376 g/mol. The summed E-state index contributed by atoms with van der Waals surface area (Å²) in [5.41, 5.74) is 4.57. The van der Waals surface area contributed by atoms with Crippen LogP contribution in [-0.4, -0.2) is 24.7 Å². The van der Waals surface area contributed by atoms with E-state index in [4.69, 9.17) is 4.74 Å². The summed E-state index contributed by atoms with van der Waals surface area (Å²) in [5, 5.41) is 0. The molecule has 146 valence electrons. The van der Waals surface area contributed by atoms with Crippen molar-refractivity contribution in [2.75, 3.05) is 19.0 Å². The molecular formula is C23H36O2S. The van der Waals surface area contributed by atoms with Gasteiger partial charge in [0.25, 0.3) is 0 Å². The maximum atomic E-state index is 12.9. The minimum atomic E-state index is -0.0323. The van der Waals surface area contributed by atoms with E-state index in [-0.39, 0.29) is 11.7 Å². The zero-order valence-corrected chi connectivity index (χ0v) is 18.1. The van der Waals surface area contributed by atoms with Crippen LogP contribution in [0, 0.1) is 5.92 Å². The zero-order valence-electron chi connectivity index (χ0n) is 17.3. The van der Waals surface area contributed by atoms with Gasteiger partial charge in [-0.2, -0.15) is 0 Å². The van der Waals surface area contributed by atoms with Crippen LogP contribution in [0.25, 0.3) is 0 Å². The predicted octanol–water partition coefficient (Wildman–Crippen LogP) is 6.65. The van der Waals surface area contributed by atoms with E-state index in [0.29, 0.717) is 6.61 Å². The van der Waals surface area contributed by atoms with Crippen LogP contribution in [0.4, 0.5) is 0 Å². The molecule has 0 aromatic rings. The van der Waals surface area contributed by atoms with Crippen LogP contribution in [0.15, 0.2) is 45.9 Å². The van der Waals surface area contributed by atoms with Crippen LogP contribution in [0.2, 0.25) is 0 Å². The number of unbranched alkanes of at least 4 members (excludes halogenated alkanes) is 3. The molecule has 1 rings (SSSR count). The van der Waals surface area contributed by atoms with Gasteiger partial charge in [0.1, 0.15) is 0 Å². The molecule has 3 heteroatoms. The number of carbonyl (C=O) groups is 1. The second kappa shape index (κ2) is 12.3. The maximum Gasteiger partial charge on any atom is 0.166 e. The van der Waals surface area contributed by atoms with E-state index < -0.39 is 0 Å². The number of hydrogen-bond donors (Lipinski definition) is 0. The average molecular weight is 377 g/mol. The molecule has 0 saturated heterocycles. The first-order chi connectivity index (χ1) is 12.4. The maximum absolute atomic E-state index is 12.9. The number of ketones is 1. The molecule has 0 radical (unpaired) electrons. The summed E-state index contributed by atoms with van der Waals surface area (Å²) in [6.07, 6.45) is 9.60. The highest BCUT2D eigenvalue weighted by Crippen LogP contribution is 2.37. The highest BCUT2D eigenvalue weighted by Gasteiger charge is 2.26. The van der Waals surface area contributed by atoms with Gasteiger partial charge in [-0.15, -0.1) is 18.3 Å². The minimum Gasteiger partial charge on any atom is -0.377 e. The standard InChI is InChI=1S/C23H36O2S/c1-7-9-11-12-13-22-20(6)23(24)19(5)21(16-26-22)18(4)17(3)15-25-14-10-8-2/h7,13,20H,1,8-12,14-16H2,2-6H3/b18-17-,22-13+. The largest absolute Gasteiger partial charge is 0.377 e. The summed E-state index contributed by atoms with van der Waals surface area (Å²) in [5.74, 6) is 1.10. The fraction of sp³-hybridized carbons (Fsp3) is 0.609. The van der Waals surface area contributed by atoms with Crippen molar-refractivity contribution in [3.05, 3.63) is 45.9 Å². The molecular weight excluding hydrogens is 340 g/mol. The summed E-state index contributed by atoms with van der Waals surface area (Å²) < 4.78 is 5.77. The number of ether oxygens (including phenoxy) is 1. The van der Waals surface area contributed by atoms with E-state index >= 15 is 0 Å². The number of rotatable bonds is 10. The lowest BCUT2D eigenvalue weighted by Crippen LogP contribution is -2.13. The van der Waals surface area contributed by atoms with Gasteiger partial charge in [0, 0.05) is 18.3 Å². The smallest absolute Gasteiger partial charge is 0.166 e. The van der Waals surface area contributed by atoms with E-state index in [1.807, 2.05) is 31.7 Å². The lowest BCUT2D eigenvalue weighted by molar-refractivity contribution is -0.117. The fourth-order valence-electron chi connectivity index (χ4n) is 2.96. The molecule has 1 heterocycles. The Kier molecular flexibility index (Phi) is 10.9. The van der Waals surface area contributed by atoms with E-state index in [2.05, 4.69) is 33.4 Å². The van der Waals surface area contributed by atoms with Crippen molar-refractivity contribution in [1.29, 1.82) is 0 Å². The molecule has 0 fully saturated rings. The quantitative estimate of drug-likeness (QED) is 0.315. The second-order valence-corrected chi connectivity index (χ2v) is 8.16. The second-order valence-electron chi connectivity index (χ2n) is 7.12. The van der Waals surface area contributed by atoms with Gasteiger partial charge in [0.2, 0.25) is 0 Å². The van der Waals surface area contributed by atoms with Crippen molar-refractivity contribution >= 4 is 17.5 Å². The molecule has 0 amide bonds. The van der Waals surface area contributed by atoms with Crippen molar-refractivity contribution in [2.24, 2.45) is 5.92 Å². The first kappa shape index (κ1) is 23.0. The van der Waals surface area contributed by atoms with Crippen LogP contribution in [-0.2, 0) is 9.53 Å². The summed E-state index contributed by atoms with van der Waals surface area (Å²) >= 11 is 1.83. The lowest BCUT2D eigenvalue weighted by atomic mass is 9.92. The SMILES string of the molecule is C=CCCC/C=C1/SCC(/C(C)=C(/C)COCCCC)=C(C)C(=O)C1C. The van der Waals surface area contributed by atoms with E-state index in [9.17, 15) is 4.79 Å².